The van der Waals surface area contributed by atoms with Crippen molar-refractivity contribution in [3.63, 3.8) is 0 Å². The van der Waals surface area contributed by atoms with Gasteiger partial charge in [-0.15, -0.1) is 0 Å². The molecule has 0 aromatic heterocycles. The molecule has 15 heavy (non-hydrogen) atoms. The molecule has 1 aliphatic rings. The van der Waals surface area contributed by atoms with Gasteiger partial charge in [-0.1, -0.05) is 0 Å². The number of hydrogen-bond donors (Lipinski definition) is 3. The monoisotopic (exact) mass is 216 g/mol. The lowest BCUT2D eigenvalue weighted by atomic mass is 10.1. The van der Waals surface area contributed by atoms with E-state index in [0.717, 1.165) is 26.2 Å². The van der Waals surface area contributed by atoms with Crippen LogP contribution in [0.2, 0.25) is 0 Å². The fraction of sp³-hybridized carbons (Fsp3) is 1.00. The molecule has 1 heterocycles. The van der Waals surface area contributed by atoms with Gasteiger partial charge in [-0.2, -0.15) is 0 Å². The molecule has 0 amide bonds. The summed E-state index contributed by atoms with van der Waals surface area (Å²) in [7, 11) is 0. The second kappa shape index (κ2) is 5.80. The van der Waals surface area contributed by atoms with Gasteiger partial charge in [-0.25, -0.2) is 0 Å². The van der Waals surface area contributed by atoms with Crippen molar-refractivity contribution in [3.05, 3.63) is 0 Å². The quantitative estimate of drug-likeness (QED) is 0.611. The Balaban J connectivity index is 2.14. The number of nitrogens with one attached hydrogen (secondary N) is 2. The van der Waals surface area contributed by atoms with Gasteiger partial charge >= 0.3 is 0 Å². The zero-order valence-electron chi connectivity index (χ0n) is 10.0. The van der Waals surface area contributed by atoms with E-state index in [1.165, 1.54) is 0 Å². The number of morpholine rings is 1. The first-order valence-electron chi connectivity index (χ1n) is 5.74. The van der Waals surface area contributed by atoms with Crippen molar-refractivity contribution in [1.82, 2.24) is 10.6 Å². The average molecular weight is 216 g/mol. The Morgan fingerprint density at radius 1 is 1.60 bits per heavy atom. The molecule has 1 fully saturated rings. The van der Waals surface area contributed by atoms with Gasteiger partial charge in [0.2, 0.25) is 0 Å². The largest absolute Gasteiger partial charge is 0.389 e. The number of ether oxygens (including phenoxy) is 1. The van der Waals surface area contributed by atoms with Gasteiger partial charge in [0.05, 0.1) is 18.8 Å². The molecule has 0 spiro atoms. The minimum Gasteiger partial charge on any atom is -0.389 e. The van der Waals surface area contributed by atoms with Crippen LogP contribution in [0.25, 0.3) is 0 Å². The molecule has 0 aliphatic carbocycles. The first kappa shape index (κ1) is 12.9. The topological polar surface area (TPSA) is 53.5 Å². The van der Waals surface area contributed by atoms with Crippen molar-refractivity contribution < 1.29 is 9.84 Å². The Bertz CT molecular complexity index is 174. The molecule has 2 atom stereocenters. The van der Waals surface area contributed by atoms with Gasteiger partial charge in [0.15, 0.2) is 0 Å². The third-order valence-electron chi connectivity index (χ3n) is 2.52. The minimum absolute atomic E-state index is 0.399. The molecule has 4 nitrogen and oxygen atoms in total. The molecule has 4 heteroatoms. The van der Waals surface area contributed by atoms with E-state index >= 15 is 0 Å². The molecule has 3 N–H and O–H groups in total. The van der Waals surface area contributed by atoms with Crippen molar-refractivity contribution in [1.29, 1.82) is 0 Å². The van der Waals surface area contributed by atoms with Gasteiger partial charge in [-0.05, 0) is 27.2 Å². The van der Waals surface area contributed by atoms with Gasteiger partial charge in [-0.3, -0.25) is 0 Å². The van der Waals surface area contributed by atoms with E-state index in [1.807, 2.05) is 13.8 Å². The molecule has 0 saturated carbocycles. The Morgan fingerprint density at radius 2 is 2.33 bits per heavy atom. The summed E-state index contributed by atoms with van der Waals surface area (Å²) in [5.74, 6) is 0. The molecule has 1 rings (SSSR count). The van der Waals surface area contributed by atoms with Crippen LogP contribution < -0.4 is 10.6 Å². The summed E-state index contributed by atoms with van der Waals surface area (Å²) in [4.78, 5) is 0. The van der Waals surface area contributed by atoms with Crippen molar-refractivity contribution in [3.8, 4) is 0 Å². The molecule has 0 radical (unpaired) electrons. The summed E-state index contributed by atoms with van der Waals surface area (Å²) >= 11 is 0. The summed E-state index contributed by atoms with van der Waals surface area (Å²) in [6.07, 6.45) is 1.04. The van der Waals surface area contributed by atoms with Crippen LogP contribution in [-0.2, 0) is 4.74 Å². The second-order valence-electron chi connectivity index (χ2n) is 5.06. The van der Waals surface area contributed by atoms with Crippen LogP contribution >= 0.6 is 0 Å². The fourth-order valence-corrected chi connectivity index (χ4v) is 1.71. The molecule has 0 aromatic rings. The van der Waals surface area contributed by atoms with Crippen molar-refractivity contribution >= 4 is 0 Å². The smallest absolute Gasteiger partial charge is 0.0715 e. The third-order valence-corrected chi connectivity index (χ3v) is 2.52. The highest BCUT2D eigenvalue weighted by molar-refractivity contribution is 4.78. The van der Waals surface area contributed by atoms with Crippen LogP contribution in [0.15, 0.2) is 0 Å². The highest BCUT2D eigenvalue weighted by atomic mass is 16.5. The first-order valence-corrected chi connectivity index (χ1v) is 5.74. The van der Waals surface area contributed by atoms with Gasteiger partial charge < -0.3 is 20.5 Å². The standard InChI is InChI=1S/C11H24N2O2/c1-9(13-8-11(2,3)14)6-10-7-15-5-4-12-10/h9-10,12-14H,4-8H2,1-3H3. The Labute approximate surface area is 92.4 Å². The Kier molecular flexibility index (Phi) is 4.99. The molecule has 2 unspecified atom stereocenters. The van der Waals surface area contributed by atoms with E-state index < -0.39 is 5.60 Å². The number of hydrogen-bond acceptors (Lipinski definition) is 4. The van der Waals surface area contributed by atoms with E-state index in [-0.39, 0.29) is 0 Å². The lowest BCUT2D eigenvalue weighted by Crippen LogP contribution is -2.47. The van der Waals surface area contributed by atoms with Crippen LogP contribution in [-0.4, -0.2) is 49.1 Å². The lowest BCUT2D eigenvalue weighted by Gasteiger charge is -2.28. The van der Waals surface area contributed by atoms with E-state index in [4.69, 9.17) is 4.74 Å². The molecule has 0 bridgehead atoms. The summed E-state index contributed by atoms with van der Waals surface area (Å²) in [5.41, 5.74) is -0.634. The van der Waals surface area contributed by atoms with E-state index in [2.05, 4.69) is 17.6 Å². The Morgan fingerprint density at radius 3 is 2.87 bits per heavy atom. The predicted octanol–water partition coefficient (Wildman–Crippen LogP) is 0.114. The zero-order valence-corrected chi connectivity index (χ0v) is 10.0. The maximum atomic E-state index is 9.57. The Hall–Kier alpha value is -0.160. The van der Waals surface area contributed by atoms with Crippen LogP contribution in [0.1, 0.15) is 27.2 Å². The fourth-order valence-electron chi connectivity index (χ4n) is 1.71. The van der Waals surface area contributed by atoms with E-state index in [0.29, 0.717) is 18.6 Å². The maximum Gasteiger partial charge on any atom is 0.0715 e. The van der Waals surface area contributed by atoms with Crippen LogP contribution in [0, 0.1) is 0 Å². The maximum absolute atomic E-state index is 9.57. The summed E-state index contributed by atoms with van der Waals surface area (Å²) in [5, 5.41) is 16.3. The van der Waals surface area contributed by atoms with Crippen LogP contribution in [0.3, 0.4) is 0 Å². The first-order chi connectivity index (χ1) is 6.97. The van der Waals surface area contributed by atoms with Crippen molar-refractivity contribution in [2.75, 3.05) is 26.3 Å². The van der Waals surface area contributed by atoms with Crippen LogP contribution in [0.4, 0.5) is 0 Å². The predicted molar refractivity (Wildman–Crippen MR) is 61.0 cm³/mol. The minimum atomic E-state index is -0.634. The summed E-state index contributed by atoms with van der Waals surface area (Å²) in [6, 6.07) is 0.846. The van der Waals surface area contributed by atoms with Crippen molar-refractivity contribution in [2.45, 2.75) is 44.9 Å². The zero-order chi connectivity index (χ0) is 11.3. The van der Waals surface area contributed by atoms with Crippen molar-refractivity contribution in [2.24, 2.45) is 0 Å². The molecule has 1 aliphatic heterocycles. The second-order valence-corrected chi connectivity index (χ2v) is 5.06. The van der Waals surface area contributed by atoms with Crippen LogP contribution in [0.5, 0.6) is 0 Å². The van der Waals surface area contributed by atoms with Gasteiger partial charge in [0.25, 0.3) is 0 Å². The third kappa shape index (κ3) is 6.10. The summed E-state index contributed by atoms with van der Waals surface area (Å²) in [6.45, 7) is 8.96. The lowest BCUT2D eigenvalue weighted by molar-refractivity contribution is 0.0632. The number of aliphatic hydroxyl groups is 1. The number of rotatable bonds is 5. The van der Waals surface area contributed by atoms with Gasteiger partial charge in [0, 0.05) is 25.2 Å². The van der Waals surface area contributed by atoms with Gasteiger partial charge in [0.1, 0.15) is 0 Å². The highest BCUT2D eigenvalue weighted by Crippen LogP contribution is 2.04. The molecule has 1 saturated heterocycles. The van der Waals surface area contributed by atoms with E-state index in [1.54, 1.807) is 0 Å². The highest BCUT2D eigenvalue weighted by Gasteiger charge is 2.18. The molecule has 0 aromatic carbocycles. The SMILES string of the molecule is CC(CC1COCCN1)NCC(C)(C)O. The average Bonchev–Trinajstić information content (AvgIpc) is 2.15. The normalized spacial score (nSPS) is 25.2. The molecular formula is C11H24N2O2. The molecular weight excluding hydrogens is 192 g/mol. The van der Waals surface area contributed by atoms with E-state index in [9.17, 15) is 5.11 Å². The summed E-state index contributed by atoms with van der Waals surface area (Å²) < 4.78 is 5.39. The molecule has 90 valence electrons.